The Labute approximate surface area is 342 Å². The number of hydrogen-bond acceptors (Lipinski definition) is 2. The van der Waals surface area contributed by atoms with Crippen LogP contribution < -0.4 is 0 Å². The second-order valence-corrected chi connectivity index (χ2v) is 16.8. The Balaban J connectivity index is 0.994. The van der Waals surface area contributed by atoms with Crippen molar-refractivity contribution in [2.45, 2.75) is 70.8 Å². The SMILES string of the molecule is CCC(CCCC(C)n1c2ccccc2c2ccccc21)c1ccc(-c2cc(-c3ccc4c(c3)C(C)(C)c3ccccc3-4)nc(-c3ccccc3)n2)c2ccccc12. The van der Waals surface area contributed by atoms with Gasteiger partial charge in [-0.1, -0.05) is 167 Å². The summed E-state index contributed by atoms with van der Waals surface area (Å²) in [5.41, 5.74) is 14.5. The first kappa shape index (κ1) is 36.0. The molecule has 0 amide bonds. The van der Waals surface area contributed by atoms with Crippen LogP contribution in [0.3, 0.4) is 0 Å². The molecule has 284 valence electrons. The van der Waals surface area contributed by atoms with Gasteiger partial charge in [0.05, 0.1) is 11.4 Å². The molecule has 2 aromatic heterocycles. The summed E-state index contributed by atoms with van der Waals surface area (Å²) < 4.78 is 2.57. The third kappa shape index (κ3) is 6.03. The fraction of sp³-hybridized carbons (Fsp3) is 0.200. The van der Waals surface area contributed by atoms with E-state index in [9.17, 15) is 0 Å². The van der Waals surface area contributed by atoms with Crippen LogP contribution in [0.5, 0.6) is 0 Å². The zero-order valence-corrected chi connectivity index (χ0v) is 33.9. The summed E-state index contributed by atoms with van der Waals surface area (Å²) in [5.74, 6) is 1.21. The summed E-state index contributed by atoms with van der Waals surface area (Å²) in [6.45, 7) is 9.42. The van der Waals surface area contributed by atoms with E-state index >= 15 is 0 Å². The molecule has 7 aromatic carbocycles. The smallest absolute Gasteiger partial charge is 0.160 e. The van der Waals surface area contributed by atoms with Gasteiger partial charge in [0.2, 0.25) is 0 Å². The number of para-hydroxylation sites is 2. The minimum Gasteiger partial charge on any atom is -0.338 e. The van der Waals surface area contributed by atoms with Crippen LogP contribution >= 0.6 is 0 Å². The maximum Gasteiger partial charge on any atom is 0.160 e. The van der Waals surface area contributed by atoms with Gasteiger partial charge in [-0.05, 0) is 95.0 Å². The molecule has 0 saturated carbocycles. The Bertz CT molecular complexity index is 2920. The molecule has 9 aromatic rings. The molecule has 2 atom stereocenters. The summed E-state index contributed by atoms with van der Waals surface area (Å²) in [7, 11) is 0. The Kier molecular flexibility index (Phi) is 9.05. The predicted molar refractivity (Wildman–Crippen MR) is 244 cm³/mol. The van der Waals surface area contributed by atoms with E-state index in [1.54, 1.807) is 0 Å². The molecular weight excluding hydrogens is 703 g/mol. The third-order valence-corrected chi connectivity index (χ3v) is 13.0. The average molecular weight is 752 g/mol. The first-order valence-electron chi connectivity index (χ1n) is 21.1. The van der Waals surface area contributed by atoms with Gasteiger partial charge in [-0.25, -0.2) is 9.97 Å². The van der Waals surface area contributed by atoms with Crippen molar-refractivity contribution in [3.63, 3.8) is 0 Å². The molecule has 3 heteroatoms. The lowest BCUT2D eigenvalue weighted by Gasteiger charge is -2.22. The number of nitrogens with zero attached hydrogens (tertiary/aromatic N) is 3. The zero-order chi connectivity index (χ0) is 39.4. The Morgan fingerprint density at radius 1 is 0.517 bits per heavy atom. The van der Waals surface area contributed by atoms with Crippen molar-refractivity contribution in [3.8, 4) is 45.0 Å². The van der Waals surface area contributed by atoms with Gasteiger partial charge in [0.1, 0.15) is 0 Å². The van der Waals surface area contributed by atoms with E-state index in [0.29, 0.717) is 12.0 Å². The van der Waals surface area contributed by atoms with Crippen molar-refractivity contribution in [1.82, 2.24) is 14.5 Å². The third-order valence-electron chi connectivity index (χ3n) is 13.0. The van der Waals surface area contributed by atoms with E-state index in [1.807, 2.05) is 0 Å². The van der Waals surface area contributed by atoms with Gasteiger partial charge in [0.25, 0.3) is 0 Å². The predicted octanol–water partition coefficient (Wildman–Crippen LogP) is 15.0. The van der Waals surface area contributed by atoms with Crippen molar-refractivity contribution in [3.05, 3.63) is 180 Å². The molecule has 2 heterocycles. The van der Waals surface area contributed by atoms with Crippen LogP contribution in [0.15, 0.2) is 164 Å². The molecule has 10 rings (SSSR count). The van der Waals surface area contributed by atoms with Gasteiger partial charge in [-0.2, -0.15) is 0 Å². The van der Waals surface area contributed by atoms with E-state index in [1.165, 1.54) is 60.4 Å². The van der Waals surface area contributed by atoms with Gasteiger partial charge in [-0.3, -0.25) is 0 Å². The molecule has 0 saturated heterocycles. The normalized spacial score (nSPS) is 14.1. The molecule has 0 aliphatic heterocycles. The van der Waals surface area contributed by atoms with Crippen LogP contribution in [0.1, 0.15) is 82.0 Å². The minimum absolute atomic E-state index is 0.0923. The molecule has 0 radical (unpaired) electrons. The lowest BCUT2D eigenvalue weighted by atomic mass is 9.82. The summed E-state index contributed by atoms with van der Waals surface area (Å²) in [5, 5.41) is 5.25. The molecule has 3 nitrogen and oxygen atoms in total. The quantitative estimate of drug-likeness (QED) is 0.139. The topological polar surface area (TPSA) is 30.7 Å². The lowest BCUT2D eigenvalue weighted by Crippen LogP contribution is -2.14. The van der Waals surface area contributed by atoms with Crippen LogP contribution in [0.2, 0.25) is 0 Å². The average Bonchev–Trinajstić information content (AvgIpc) is 3.73. The van der Waals surface area contributed by atoms with E-state index in [4.69, 9.17) is 9.97 Å². The van der Waals surface area contributed by atoms with Gasteiger partial charge in [0.15, 0.2) is 5.82 Å². The Morgan fingerprint density at radius 3 is 1.86 bits per heavy atom. The summed E-state index contributed by atoms with van der Waals surface area (Å²) >= 11 is 0. The molecule has 1 aliphatic rings. The molecule has 2 unspecified atom stereocenters. The fourth-order valence-electron chi connectivity index (χ4n) is 10.0. The number of rotatable bonds is 10. The molecule has 0 bridgehead atoms. The Morgan fingerprint density at radius 2 is 1.12 bits per heavy atom. The maximum atomic E-state index is 5.30. The van der Waals surface area contributed by atoms with Gasteiger partial charge >= 0.3 is 0 Å². The van der Waals surface area contributed by atoms with Crippen molar-refractivity contribution in [2.24, 2.45) is 0 Å². The molecule has 58 heavy (non-hydrogen) atoms. The number of hydrogen-bond donors (Lipinski definition) is 0. The molecular formula is C55H49N3. The van der Waals surface area contributed by atoms with Crippen molar-refractivity contribution in [2.75, 3.05) is 0 Å². The van der Waals surface area contributed by atoms with Crippen molar-refractivity contribution >= 4 is 32.6 Å². The standard InChI is InChI=1S/C55H49N3/c1-5-37(21-17-18-36(2)58-52-28-15-12-25-46(52)47-26-13-16-29-53(47)58)40-32-33-45(42-23-10-9-22-41(40)42)51-35-50(56-54(57-51)38-19-7-6-8-20-38)39-30-31-44-43-24-11-14-27-48(43)55(3,4)49(44)34-39/h6-16,19-20,22-37H,5,17-18,21H2,1-4H3. The van der Waals surface area contributed by atoms with Crippen molar-refractivity contribution < 1.29 is 0 Å². The van der Waals surface area contributed by atoms with E-state index < -0.39 is 0 Å². The fourth-order valence-corrected chi connectivity index (χ4v) is 10.0. The van der Waals surface area contributed by atoms with E-state index in [2.05, 4.69) is 196 Å². The van der Waals surface area contributed by atoms with Gasteiger partial charge in [-0.15, -0.1) is 0 Å². The second kappa shape index (κ2) is 14.6. The highest BCUT2D eigenvalue weighted by Gasteiger charge is 2.35. The highest BCUT2D eigenvalue weighted by atomic mass is 15.0. The summed E-state index contributed by atoms with van der Waals surface area (Å²) in [6.07, 6.45) is 4.54. The minimum atomic E-state index is -0.0923. The first-order chi connectivity index (χ1) is 28.4. The summed E-state index contributed by atoms with van der Waals surface area (Å²) in [4.78, 5) is 10.5. The van der Waals surface area contributed by atoms with E-state index in [0.717, 1.165) is 59.6 Å². The molecule has 0 N–H and O–H groups in total. The van der Waals surface area contributed by atoms with Crippen LogP contribution in [0.4, 0.5) is 0 Å². The maximum absolute atomic E-state index is 5.30. The molecule has 1 aliphatic carbocycles. The van der Waals surface area contributed by atoms with Crippen LogP contribution in [-0.2, 0) is 5.41 Å². The van der Waals surface area contributed by atoms with Crippen molar-refractivity contribution in [1.29, 1.82) is 0 Å². The summed E-state index contributed by atoms with van der Waals surface area (Å²) in [6, 6.07) is 60.2. The van der Waals surface area contributed by atoms with Crippen LogP contribution in [0, 0.1) is 0 Å². The highest BCUT2D eigenvalue weighted by Crippen LogP contribution is 2.49. The molecule has 0 fully saturated rings. The lowest BCUT2D eigenvalue weighted by molar-refractivity contribution is 0.472. The largest absolute Gasteiger partial charge is 0.338 e. The highest BCUT2D eigenvalue weighted by molar-refractivity contribution is 6.08. The van der Waals surface area contributed by atoms with Gasteiger partial charge in [0, 0.05) is 50.0 Å². The first-order valence-corrected chi connectivity index (χ1v) is 21.1. The zero-order valence-electron chi connectivity index (χ0n) is 33.9. The van der Waals surface area contributed by atoms with E-state index in [-0.39, 0.29) is 5.41 Å². The molecule has 0 spiro atoms. The number of fused-ring (bicyclic) bond motifs is 7. The monoisotopic (exact) mass is 751 g/mol. The van der Waals surface area contributed by atoms with Crippen LogP contribution in [-0.4, -0.2) is 14.5 Å². The number of aromatic nitrogens is 3. The second-order valence-electron chi connectivity index (χ2n) is 16.8. The van der Waals surface area contributed by atoms with Gasteiger partial charge < -0.3 is 4.57 Å². The van der Waals surface area contributed by atoms with Crippen LogP contribution in [0.25, 0.3) is 77.6 Å². The Hall–Kier alpha value is -6.32. The number of benzene rings is 7.